The van der Waals surface area contributed by atoms with Crippen molar-refractivity contribution in [2.24, 2.45) is 0 Å². The molecular formula is C16H20O8U2. The zero-order valence-electron chi connectivity index (χ0n) is 14.1. The predicted octanol–water partition coefficient (Wildman–Crippen LogP) is 0.607. The summed E-state index contributed by atoms with van der Waals surface area (Å²) < 4.78 is 15.3. The number of aliphatic carboxylic acids is 1. The van der Waals surface area contributed by atoms with Crippen LogP contribution in [0.25, 0.3) is 0 Å². The molecule has 0 spiro atoms. The molecule has 1 fully saturated rings. The van der Waals surface area contributed by atoms with Crippen LogP contribution in [0.1, 0.15) is 25.7 Å². The summed E-state index contributed by atoms with van der Waals surface area (Å²) in [7, 11) is 0. The second-order valence-electron chi connectivity index (χ2n) is 4.59. The van der Waals surface area contributed by atoms with Crippen LogP contribution in [0.4, 0.5) is 0 Å². The summed E-state index contributed by atoms with van der Waals surface area (Å²) in [6.45, 7) is 10.7. The Morgan fingerprint density at radius 1 is 1.27 bits per heavy atom. The van der Waals surface area contributed by atoms with Crippen molar-refractivity contribution in [1.82, 2.24) is 0 Å². The smallest absolute Gasteiger partial charge is 0.542 e. The van der Waals surface area contributed by atoms with Gasteiger partial charge in [0.25, 0.3) is 0 Å². The fourth-order valence-corrected chi connectivity index (χ4v) is 1.72. The van der Waals surface area contributed by atoms with Gasteiger partial charge in [-0.25, -0.2) is 0 Å². The number of hydrogen-bond acceptors (Lipinski definition) is 7. The van der Waals surface area contributed by atoms with Crippen molar-refractivity contribution < 1.29 is 101 Å². The SMILES string of the molecule is [CH-]=C.[CH2-][C@@H](OC(=O)CCC(=O)O)[C@@H]1[CH-][C@H](OC(=O)CC[C-]=O)CO1.[U+2].[U+2]. The Hall–Kier alpha value is -0.116. The van der Waals surface area contributed by atoms with Gasteiger partial charge in [-0.1, -0.05) is 6.10 Å². The summed E-state index contributed by atoms with van der Waals surface area (Å²) in [4.78, 5) is 43.1. The molecule has 1 saturated heterocycles. The summed E-state index contributed by atoms with van der Waals surface area (Å²) in [6, 6.07) is 0. The first-order chi connectivity index (χ1) is 11.4. The molecule has 0 bridgehead atoms. The van der Waals surface area contributed by atoms with Crippen molar-refractivity contribution in [3.8, 4) is 0 Å². The van der Waals surface area contributed by atoms with E-state index < -0.39 is 36.2 Å². The van der Waals surface area contributed by atoms with E-state index in [2.05, 4.69) is 20.1 Å². The monoisotopic (exact) mass is 816 g/mol. The maximum Gasteiger partial charge on any atom is 2.00 e. The summed E-state index contributed by atoms with van der Waals surface area (Å²) in [5.41, 5.74) is 0. The van der Waals surface area contributed by atoms with Crippen molar-refractivity contribution in [3.63, 3.8) is 0 Å². The van der Waals surface area contributed by atoms with E-state index in [-0.39, 0.29) is 94.5 Å². The number of esters is 2. The third kappa shape index (κ3) is 14.0. The minimum absolute atomic E-state index is 0. The minimum Gasteiger partial charge on any atom is -0.542 e. The molecule has 3 atom stereocenters. The van der Waals surface area contributed by atoms with Crippen LogP contribution in [0.15, 0.2) is 6.58 Å². The topological polar surface area (TPSA) is 116 Å². The van der Waals surface area contributed by atoms with Gasteiger partial charge in [0, 0.05) is 12.5 Å². The number of carbonyl (C=O) groups is 3. The van der Waals surface area contributed by atoms with Gasteiger partial charge in [-0.15, -0.1) is 6.42 Å². The van der Waals surface area contributed by atoms with Gasteiger partial charge < -0.3 is 37.6 Å². The van der Waals surface area contributed by atoms with E-state index >= 15 is 0 Å². The number of rotatable bonds is 9. The molecule has 0 aromatic heterocycles. The fraction of sp³-hybridized carbons (Fsp3) is 0.500. The maximum atomic E-state index is 11.4. The maximum absolute atomic E-state index is 11.4. The first-order valence-electron chi connectivity index (χ1n) is 7.08. The van der Waals surface area contributed by atoms with E-state index in [1.165, 1.54) is 6.42 Å². The van der Waals surface area contributed by atoms with E-state index in [9.17, 15) is 19.2 Å². The molecule has 26 heavy (non-hydrogen) atoms. The van der Waals surface area contributed by atoms with Crippen molar-refractivity contribution in [2.45, 2.75) is 44.0 Å². The number of hydrogen-bond donors (Lipinski definition) is 1. The van der Waals surface area contributed by atoms with Gasteiger partial charge >= 0.3 is 80.1 Å². The molecule has 0 unspecified atom stereocenters. The van der Waals surface area contributed by atoms with Gasteiger partial charge in [-0.05, 0) is 6.10 Å². The molecule has 1 aliphatic rings. The fourth-order valence-electron chi connectivity index (χ4n) is 1.72. The average molecular weight is 816 g/mol. The second-order valence-corrected chi connectivity index (χ2v) is 4.59. The molecule has 0 saturated carbocycles. The average Bonchev–Trinajstić information content (AvgIpc) is 3.01. The Morgan fingerprint density at radius 3 is 2.42 bits per heavy atom. The van der Waals surface area contributed by atoms with Crippen molar-refractivity contribution >= 4 is 24.2 Å². The molecule has 8 nitrogen and oxygen atoms in total. The largest absolute Gasteiger partial charge is 2.00 e. The normalized spacial score (nSPS) is 18.7. The van der Waals surface area contributed by atoms with Crippen LogP contribution in [-0.4, -0.2) is 54.2 Å². The molecule has 0 aliphatic carbocycles. The number of carboxylic acid groups (broad SMARTS) is 1. The first-order valence-corrected chi connectivity index (χ1v) is 7.08. The number of carbonyl (C=O) groups excluding carboxylic acids is 3. The molecule has 1 aliphatic heterocycles. The third-order valence-electron chi connectivity index (χ3n) is 2.76. The quantitative estimate of drug-likeness (QED) is 0.266. The Labute approximate surface area is 200 Å². The van der Waals surface area contributed by atoms with Gasteiger partial charge in [-0.2, -0.15) is 0 Å². The van der Waals surface area contributed by atoms with E-state index in [0.717, 1.165) is 0 Å². The van der Waals surface area contributed by atoms with Crippen LogP contribution in [0.5, 0.6) is 0 Å². The molecular weight excluding hydrogens is 796 g/mol. The van der Waals surface area contributed by atoms with Crippen molar-refractivity contribution in [2.75, 3.05) is 6.61 Å². The van der Waals surface area contributed by atoms with E-state index in [1.807, 2.05) is 0 Å². The summed E-state index contributed by atoms with van der Waals surface area (Å²) in [5, 5.41) is 8.46. The van der Waals surface area contributed by atoms with E-state index in [0.29, 0.717) is 0 Å². The second kappa shape index (κ2) is 18.3. The molecule has 1 N–H and O–H groups in total. The Balaban J connectivity index is -0.00000127. The molecule has 1 heterocycles. The van der Waals surface area contributed by atoms with Crippen LogP contribution < -0.4 is 0 Å². The Morgan fingerprint density at radius 2 is 1.88 bits per heavy atom. The van der Waals surface area contributed by atoms with Gasteiger partial charge in [0.1, 0.15) is 0 Å². The molecule has 0 amide bonds. The van der Waals surface area contributed by atoms with Gasteiger partial charge in [0.15, 0.2) is 0 Å². The Bertz CT molecular complexity index is 444. The Kier molecular flexibility index (Phi) is 21.5. The van der Waals surface area contributed by atoms with Gasteiger partial charge in [0.05, 0.1) is 19.4 Å². The number of carboxylic acids is 1. The van der Waals surface area contributed by atoms with Crippen LogP contribution in [0, 0.1) is 82.1 Å². The minimum atomic E-state index is -1.10. The predicted molar refractivity (Wildman–Crippen MR) is 80.9 cm³/mol. The summed E-state index contributed by atoms with van der Waals surface area (Å²) in [6.07, 6.45) is 0.330. The number of ether oxygens (including phenoxy) is 3. The zero-order valence-corrected chi connectivity index (χ0v) is 22.5. The standard InChI is InChI=1S/C14H17O8.C2H3.2U/c1-9(21-14(19)5-4-12(16)17)11-7-10(8-20-11)22-13(18)3-2-6-15;1-2;;/h7,9-11H,1-5,8H2,(H,16,17);1H,2H2;;/q-3;-1;2*+2/t9-,10+,11+;;;/m1.../s1. The van der Waals surface area contributed by atoms with Crippen molar-refractivity contribution in [3.05, 3.63) is 26.5 Å². The van der Waals surface area contributed by atoms with Gasteiger partial charge in [-0.3, -0.25) is 33.7 Å². The zero-order chi connectivity index (χ0) is 18.5. The molecule has 10 heteroatoms. The molecule has 1 rings (SSSR count). The van der Waals surface area contributed by atoms with E-state index in [1.54, 1.807) is 6.29 Å². The first kappa shape index (κ1) is 30.6. The van der Waals surface area contributed by atoms with E-state index in [4.69, 9.17) is 19.3 Å². The third-order valence-corrected chi connectivity index (χ3v) is 2.76. The van der Waals surface area contributed by atoms with Crippen LogP contribution in [0.2, 0.25) is 0 Å². The summed E-state index contributed by atoms with van der Waals surface area (Å²) in [5.74, 6) is -2.34. The summed E-state index contributed by atoms with van der Waals surface area (Å²) >= 11 is 0. The van der Waals surface area contributed by atoms with Crippen LogP contribution >= 0.6 is 0 Å². The molecule has 0 radical (unpaired) electrons. The van der Waals surface area contributed by atoms with Gasteiger partial charge in [0.2, 0.25) is 0 Å². The molecule has 0 aromatic carbocycles. The molecule has 140 valence electrons. The van der Waals surface area contributed by atoms with Crippen molar-refractivity contribution in [1.29, 1.82) is 0 Å². The van der Waals surface area contributed by atoms with Crippen LogP contribution in [0.3, 0.4) is 0 Å². The van der Waals surface area contributed by atoms with Crippen LogP contribution in [-0.2, 0) is 33.4 Å². The molecule has 0 aromatic rings.